The molecule has 5 nitrogen and oxygen atoms in total. The fourth-order valence-electron chi connectivity index (χ4n) is 1.53. The Labute approximate surface area is 121 Å². The molecule has 0 unspecified atom stereocenters. The summed E-state index contributed by atoms with van der Waals surface area (Å²) in [6.45, 7) is 0.435. The highest BCUT2D eigenvalue weighted by Gasteiger charge is 2.18. The molecule has 0 fully saturated rings. The average Bonchev–Trinajstić information content (AvgIpc) is 2.97. The minimum Gasteiger partial charge on any atom is -0.475 e. The number of thiophene rings is 1. The number of rotatable bonds is 4. The van der Waals surface area contributed by atoms with Crippen LogP contribution in [0.1, 0.15) is 26.7 Å². The van der Waals surface area contributed by atoms with Crippen molar-refractivity contribution in [1.82, 2.24) is 4.90 Å². The standard InChI is InChI=1S/C12H10BrNO4S/c1-14(5-7-4-10(13)19-6-7)11(15)8-2-3-9(18-8)12(16)17/h2-4,6H,5H2,1H3,(H,16,17). The van der Waals surface area contributed by atoms with Crippen LogP contribution in [0.15, 0.2) is 31.8 Å². The molecule has 0 aliphatic rings. The van der Waals surface area contributed by atoms with Gasteiger partial charge in [0.1, 0.15) is 0 Å². The topological polar surface area (TPSA) is 70.8 Å². The van der Waals surface area contributed by atoms with E-state index in [0.717, 1.165) is 9.35 Å². The van der Waals surface area contributed by atoms with Crippen LogP contribution in [-0.4, -0.2) is 28.9 Å². The largest absolute Gasteiger partial charge is 0.475 e. The van der Waals surface area contributed by atoms with Crippen molar-refractivity contribution in [1.29, 1.82) is 0 Å². The van der Waals surface area contributed by atoms with Crippen molar-refractivity contribution in [3.05, 3.63) is 44.4 Å². The summed E-state index contributed by atoms with van der Waals surface area (Å²) in [7, 11) is 1.64. The molecule has 0 saturated heterocycles. The van der Waals surface area contributed by atoms with Crippen molar-refractivity contribution in [2.24, 2.45) is 0 Å². The first-order valence-corrected chi connectivity index (χ1v) is 6.96. The van der Waals surface area contributed by atoms with Gasteiger partial charge in [0.15, 0.2) is 5.76 Å². The molecule has 7 heteroatoms. The number of hydrogen-bond acceptors (Lipinski definition) is 4. The number of aromatic carboxylic acids is 1. The molecule has 2 rings (SSSR count). The Kier molecular flexibility index (Phi) is 4.06. The Morgan fingerprint density at radius 2 is 2.11 bits per heavy atom. The summed E-state index contributed by atoms with van der Waals surface area (Å²) >= 11 is 4.89. The third kappa shape index (κ3) is 3.24. The maximum absolute atomic E-state index is 12.0. The quantitative estimate of drug-likeness (QED) is 0.925. The highest BCUT2D eigenvalue weighted by molar-refractivity contribution is 9.11. The Morgan fingerprint density at radius 1 is 1.42 bits per heavy atom. The maximum Gasteiger partial charge on any atom is 0.371 e. The lowest BCUT2D eigenvalue weighted by Gasteiger charge is -2.14. The molecule has 0 bridgehead atoms. The van der Waals surface area contributed by atoms with Gasteiger partial charge in [-0.15, -0.1) is 11.3 Å². The number of carbonyl (C=O) groups excluding carboxylic acids is 1. The molecule has 0 aromatic carbocycles. The third-order valence-corrected chi connectivity index (χ3v) is 3.97. The number of hydrogen-bond donors (Lipinski definition) is 1. The summed E-state index contributed by atoms with van der Waals surface area (Å²) in [5.41, 5.74) is 0.998. The monoisotopic (exact) mass is 343 g/mol. The van der Waals surface area contributed by atoms with E-state index in [1.807, 2.05) is 11.4 Å². The van der Waals surface area contributed by atoms with Gasteiger partial charge < -0.3 is 14.4 Å². The van der Waals surface area contributed by atoms with Gasteiger partial charge in [0, 0.05) is 13.6 Å². The molecule has 100 valence electrons. The number of halogens is 1. The lowest BCUT2D eigenvalue weighted by molar-refractivity contribution is 0.0653. The van der Waals surface area contributed by atoms with Crippen LogP contribution in [0, 0.1) is 0 Å². The van der Waals surface area contributed by atoms with Gasteiger partial charge in [-0.05, 0) is 45.1 Å². The third-order valence-electron chi connectivity index (χ3n) is 2.42. The van der Waals surface area contributed by atoms with Gasteiger partial charge in [0.25, 0.3) is 5.91 Å². The lowest BCUT2D eigenvalue weighted by Crippen LogP contribution is -2.25. The number of furan rings is 1. The van der Waals surface area contributed by atoms with Crippen molar-refractivity contribution in [3.63, 3.8) is 0 Å². The number of carboxylic acid groups (broad SMARTS) is 1. The molecule has 2 aromatic heterocycles. The molecule has 0 atom stereocenters. The summed E-state index contributed by atoms with van der Waals surface area (Å²) in [6, 6.07) is 4.57. The van der Waals surface area contributed by atoms with Gasteiger partial charge in [-0.25, -0.2) is 4.79 Å². The molecule has 19 heavy (non-hydrogen) atoms. The van der Waals surface area contributed by atoms with Crippen molar-refractivity contribution in [2.75, 3.05) is 7.05 Å². The van der Waals surface area contributed by atoms with E-state index < -0.39 is 5.97 Å². The van der Waals surface area contributed by atoms with Gasteiger partial charge in [-0.2, -0.15) is 0 Å². The van der Waals surface area contributed by atoms with E-state index in [1.54, 1.807) is 7.05 Å². The van der Waals surface area contributed by atoms with Crippen molar-refractivity contribution in [2.45, 2.75) is 6.54 Å². The van der Waals surface area contributed by atoms with Crippen LogP contribution in [0.3, 0.4) is 0 Å². The van der Waals surface area contributed by atoms with Crippen LogP contribution in [0.5, 0.6) is 0 Å². The summed E-state index contributed by atoms with van der Waals surface area (Å²) in [5, 5.41) is 10.7. The minimum absolute atomic E-state index is 0.0224. The van der Waals surface area contributed by atoms with Crippen LogP contribution >= 0.6 is 27.3 Å². The predicted molar refractivity (Wildman–Crippen MR) is 73.5 cm³/mol. The zero-order valence-electron chi connectivity index (χ0n) is 9.92. The smallest absolute Gasteiger partial charge is 0.371 e. The molecular weight excluding hydrogens is 334 g/mol. The van der Waals surface area contributed by atoms with Gasteiger partial charge in [-0.1, -0.05) is 0 Å². The normalized spacial score (nSPS) is 10.4. The second-order valence-electron chi connectivity index (χ2n) is 3.89. The highest BCUT2D eigenvalue weighted by atomic mass is 79.9. The zero-order chi connectivity index (χ0) is 14.0. The maximum atomic E-state index is 12.0. The molecule has 0 aliphatic carbocycles. The first-order chi connectivity index (χ1) is 8.97. The van der Waals surface area contributed by atoms with E-state index in [4.69, 9.17) is 9.52 Å². The van der Waals surface area contributed by atoms with E-state index in [0.29, 0.717) is 6.54 Å². The van der Waals surface area contributed by atoms with Crippen LogP contribution in [0.2, 0.25) is 0 Å². The second-order valence-corrected chi connectivity index (χ2v) is 6.18. The van der Waals surface area contributed by atoms with E-state index >= 15 is 0 Å². The fraction of sp³-hybridized carbons (Fsp3) is 0.167. The molecule has 2 heterocycles. The first-order valence-electron chi connectivity index (χ1n) is 5.29. The Hall–Kier alpha value is -1.60. The molecule has 1 amide bonds. The van der Waals surface area contributed by atoms with E-state index in [1.165, 1.54) is 28.4 Å². The number of amides is 1. The van der Waals surface area contributed by atoms with Crippen molar-refractivity contribution >= 4 is 39.1 Å². The van der Waals surface area contributed by atoms with Crippen LogP contribution in [0.25, 0.3) is 0 Å². The zero-order valence-corrected chi connectivity index (χ0v) is 12.3. The SMILES string of the molecule is CN(Cc1csc(Br)c1)C(=O)c1ccc(C(=O)O)o1. The first kappa shape index (κ1) is 13.8. The molecule has 0 radical (unpaired) electrons. The molecule has 2 aromatic rings. The number of nitrogens with zero attached hydrogens (tertiary/aromatic N) is 1. The number of carboxylic acids is 1. The molecule has 0 spiro atoms. The average molecular weight is 344 g/mol. The summed E-state index contributed by atoms with van der Waals surface area (Å²) < 4.78 is 5.97. The molecular formula is C12H10BrNO4S. The van der Waals surface area contributed by atoms with Crippen molar-refractivity contribution in [3.8, 4) is 0 Å². The van der Waals surface area contributed by atoms with Crippen molar-refractivity contribution < 1.29 is 19.1 Å². The lowest BCUT2D eigenvalue weighted by atomic mass is 10.3. The van der Waals surface area contributed by atoms with Gasteiger partial charge in [-0.3, -0.25) is 4.79 Å². The minimum atomic E-state index is -1.19. The van der Waals surface area contributed by atoms with E-state index in [9.17, 15) is 9.59 Å². The van der Waals surface area contributed by atoms with Crippen LogP contribution in [-0.2, 0) is 6.54 Å². The molecule has 0 aliphatic heterocycles. The summed E-state index contributed by atoms with van der Waals surface area (Å²) in [4.78, 5) is 24.2. The van der Waals surface area contributed by atoms with Gasteiger partial charge in [0.05, 0.1) is 3.79 Å². The van der Waals surface area contributed by atoms with Gasteiger partial charge in [0.2, 0.25) is 5.76 Å². The van der Waals surface area contributed by atoms with E-state index in [2.05, 4.69) is 15.9 Å². The second kappa shape index (κ2) is 5.58. The van der Waals surface area contributed by atoms with Gasteiger partial charge >= 0.3 is 5.97 Å². The predicted octanol–water partition coefficient (Wildman–Crippen LogP) is 3.07. The fourth-order valence-corrected chi connectivity index (χ4v) is 2.73. The van der Waals surface area contributed by atoms with Crippen LogP contribution < -0.4 is 0 Å². The Bertz CT molecular complexity index is 619. The summed E-state index contributed by atoms with van der Waals surface area (Å²) in [5.74, 6) is -1.76. The Morgan fingerprint density at radius 3 is 2.63 bits per heavy atom. The highest BCUT2D eigenvalue weighted by Crippen LogP contribution is 2.22. The summed E-state index contributed by atoms with van der Waals surface area (Å²) in [6.07, 6.45) is 0. The van der Waals surface area contributed by atoms with Crippen LogP contribution in [0.4, 0.5) is 0 Å². The molecule has 0 saturated carbocycles. The molecule has 1 N–H and O–H groups in total. The number of carbonyl (C=O) groups is 2. The van der Waals surface area contributed by atoms with E-state index in [-0.39, 0.29) is 17.4 Å². The Balaban J connectivity index is 2.07.